The molecule has 1 aliphatic rings. The fourth-order valence-corrected chi connectivity index (χ4v) is 2.34. The van der Waals surface area contributed by atoms with Crippen molar-refractivity contribution in [2.45, 2.75) is 13.5 Å². The topological polar surface area (TPSA) is 32.3 Å². The zero-order valence-electron chi connectivity index (χ0n) is 9.86. The third-order valence-electron chi connectivity index (χ3n) is 3.09. The van der Waals surface area contributed by atoms with Gasteiger partial charge in [-0.25, -0.2) is 9.97 Å². The molecule has 0 radical (unpaired) electrons. The van der Waals surface area contributed by atoms with E-state index in [0.29, 0.717) is 5.15 Å². The van der Waals surface area contributed by atoms with Crippen molar-refractivity contribution < 1.29 is 0 Å². The molecule has 0 aliphatic carbocycles. The number of rotatable bonds is 3. The maximum absolute atomic E-state index is 6.03. The average Bonchev–Trinajstić information content (AvgIpc) is 2.34. The highest BCUT2D eigenvalue weighted by Crippen LogP contribution is 2.17. The minimum absolute atomic E-state index is 0.203. The molecule has 1 aromatic heterocycles. The van der Waals surface area contributed by atoms with E-state index < -0.39 is 0 Å². The van der Waals surface area contributed by atoms with Crippen molar-refractivity contribution >= 4 is 23.2 Å². The second-order valence-electron chi connectivity index (χ2n) is 4.17. The number of hydrogen-bond donors (Lipinski definition) is 0. The summed E-state index contributed by atoms with van der Waals surface area (Å²) in [4.78, 5) is 12.7. The van der Waals surface area contributed by atoms with Crippen molar-refractivity contribution in [3.8, 4) is 0 Å². The summed E-state index contributed by atoms with van der Waals surface area (Å²) in [6, 6.07) is 0. The van der Waals surface area contributed by atoms with E-state index >= 15 is 0 Å². The van der Waals surface area contributed by atoms with Crippen LogP contribution in [-0.4, -0.2) is 52.5 Å². The number of nitrogens with zero attached hydrogens (tertiary/aromatic N) is 4. The number of piperazine rings is 1. The minimum Gasteiger partial charge on any atom is -0.301 e. The predicted molar refractivity (Wildman–Crippen MR) is 69.4 cm³/mol. The second kappa shape index (κ2) is 5.96. The standard InChI is InChI=1S/C11H16Cl2N4/c1-2-16-3-5-17(6-4-16)8-9-7-14-11(13)15-10(9)12/h7H,2-6,8H2,1H3. The van der Waals surface area contributed by atoms with E-state index in [1.165, 1.54) is 0 Å². The van der Waals surface area contributed by atoms with Gasteiger partial charge in [-0.1, -0.05) is 18.5 Å². The largest absolute Gasteiger partial charge is 0.301 e. The van der Waals surface area contributed by atoms with Crippen molar-refractivity contribution in [2.75, 3.05) is 32.7 Å². The monoisotopic (exact) mass is 274 g/mol. The molecular formula is C11H16Cl2N4. The lowest BCUT2D eigenvalue weighted by molar-refractivity contribution is 0.132. The van der Waals surface area contributed by atoms with Crippen molar-refractivity contribution in [3.63, 3.8) is 0 Å². The molecule has 0 bridgehead atoms. The number of hydrogen-bond acceptors (Lipinski definition) is 4. The maximum Gasteiger partial charge on any atom is 0.223 e. The van der Waals surface area contributed by atoms with E-state index in [4.69, 9.17) is 23.2 Å². The third kappa shape index (κ3) is 3.52. The van der Waals surface area contributed by atoms with Gasteiger partial charge in [-0.05, 0) is 18.1 Å². The Kier molecular flexibility index (Phi) is 4.56. The molecule has 6 heteroatoms. The van der Waals surface area contributed by atoms with E-state index in [1.54, 1.807) is 6.20 Å². The number of halogens is 2. The Bertz CT molecular complexity index is 378. The van der Waals surface area contributed by atoms with Gasteiger partial charge in [-0.3, -0.25) is 4.90 Å². The Labute approximate surface area is 112 Å². The first-order chi connectivity index (χ1) is 8.19. The molecule has 0 atom stereocenters. The van der Waals surface area contributed by atoms with E-state index in [0.717, 1.165) is 44.8 Å². The van der Waals surface area contributed by atoms with Crippen LogP contribution in [0.4, 0.5) is 0 Å². The molecule has 0 N–H and O–H groups in total. The summed E-state index contributed by atoms with van der Waals surface area (Å²) in [5, 5.41) is 0.664. The molecule has 2 heterocycles. The molecule has 4 nitrogen and oxygen atoms in total. The first kappa shape index (κ1) is 13.0. The summed E-state index contributed by atoms with van der Waals surface area (Å²) in [6.45, 7) is 8.47. The van der Waals surface area contributed by atoms with Gasteiger partial charge in [0.1, 0.15) is 5.15 Å². The van der Waals surface area contributed by atoms with Crippen LogP contribution in [0.15, 0.2) is 6.20 Å². The van der Waals surface area contributed by atoms with Gasteiger partial charge in [-0.2, -0.15) is 0 Å². The summed E-state index contributed by atoms with van der Waals surface area (Å²) in [5.41, 5.74) is 0.945. The fraction of sp³-hybridized carbons (Fsp3) is 0.636. The van der Waals surface area contributed by atoms with Gasteiger partial charge >= 0.3 is 0 Å². The molecule has 1 fully saturated rings. The highest BCUT2D eigenvalue weighted by molar-refractivity contribution is 6.32. The average molecular weight is 275 g/mol. The van der Waals surface area contributed by atoms with E-state index in [2.05, 4.69) is 26.7 Å². The van der Waals surface area contributed by atoms with Crippen molar-refractivity contribution in [2.24, 2.45) is 0 Å². The molecule has 0 unspecified atom stereocenters. The molecular weight excluding hydrogens is 259 g/mol. The summed E-state index contributed by atoms with van der Waals surface area (Å²) in [7, 11) is 0. The Morgan fingerprint density at radius 3 is 2.41 bits per heavy atom. The van der Waals surface area contributed by atoms with Crippen LogP contribution in [0.5, 0.6) is 0 Å². The lowest BCUT2D eigenvalue weighted by Crippen LogP contribution is -2.45. The quantitative estimate of drug-likeness (QED) is 0.623. The van der Waals surface area contributed by atoms with Crippen LogP contribution in [0.2, 0.25) is 10.4 Å². The van der Waals surface area contributed by atoms with Gasteiger partial charge in [-0.15, -0.1) is 0 Å². The van der Waals surface area contributed by atoms with E-state index in [-0.39, 0.29) is 5.28 Å². The van der Waals surface area contributed by atoms with Crippen molar-refractivity contribution in [1.82, 2.24) is 19.8 Å². The highest BCUT2D eigenvalue weighted by Gasteiger charge is 2.17. The third-order valence-corrected chi connectivity index (χ3v) is 3.60. The second-order valence-corrected chi connectivity index (χ2v) is 4.86. The molecule has 2 rings (SSSR count). The number of aromatic nitrogens is 2. The molecule has 1 saturated heterocycles. The van der Waals surface area contributed by atoms with Gasteiger partial charge in [0.2, 0.25) is 5.28 Å². The van der Waals surface area contributed by atoms with Crippen LogP contribution in [0.25, 0.3) is 0 Å². The SMILES string of the molecule is CCN1CCN(Cc2cnc(Cl)nc2Cl)CC1. The molecule has 17 heavy (non-hydrogen) atoms. The fourth-order valence-electron chi connectivity index (χ4n) is 1.98. The van der Waals surface area contributed by atoms with Gasteiger partial charge in [0.05, 0.1) is 0 Å². The van der Waals surface area contributed by atoms with Gasteiger partial charge < -0.3 is 4.90 Å². The molecule has 0 aromatic carbocycles. The zero-order valence-corrected chi connectivity index (χ0v) is 11.4. The Balaban J connectivity index is 1.93. The normalized spacial score (nSPS) is 18.5. The zero-order chi connectivity index (χ0) is 12.3. The molecule has 0 spiro atoms. The summed E-state index contributed by atoms with van der Waals surface area (Å²) >= 11 is 11.7. The first-order valence-electron chi connectivity index (χ1n) is 5.80. The van der Waals surface area contributed by atoms with Gasteiger partial charge in [0.15, 0.2) is 0 Å². The first-order valence-corrected chi connectivity index (χ1v) is 6.56. The van der Waals surface area contributed by atoms with Crippen LogP contribution in [0.1, 0.15) is 12.5 Å². The maximum atomic E-state index is 6.03. The Morgan fingerprint density at radius 2 is 1.82 bits per heavy atom. The molecule has 1 aromatic rings. The molecule has 1 aliphatic heterocycles. The molecule has 0 saturated carbocycles. The van der Waals surface area contributed by atoms with Crippen LogP contribution in [0, 0.1) is 0 Å². The van der Waals surface area contributed by atoms with E-state index in [9.17, 15) is 0 Å². The summed E-state index contributed by atoms with van der Waals surface area (Å²) < 4.78 is 0. The molecule has 94 valence electrons. The van der Waals surface area contributed by atoms with Crippen LogP contribution >= 0.6 is 23.2 Å². The van der Waals surface area contributed by atoms with Gasteiger partial charge in [0.25, 0.3) is 0 Å². The van der Waals surface area contributed by atoms with Crippen molar-refractivity contribution in [1.29, 1.82) is 0 Å². The predicted octanol–water partition coefficient (Wildman–Crippen LogP) is 1.92. The Hall–Kier alpha value is -0.420. The molecule has 0 amide bonds. The summed E-state index contributed by atoms with van der Waals surface area (Å²) in [5.74, 6) is 0. The van der Waals surface area contributed by atoms with E-state index in [1.807, 2.05) is 0 Å². The van der Waals surface area contributed by atoms with Crippen LogP contribution < -0.4 is 0 Å². The van der Waals surface area contributed by atoms with Crippen LogP contribution in [0.3, 0.4) is 0 Å². The lowest BCUT2D eigenvalue weighted by atomic mass is 10.2. The van der Waals surface area contributed by atoms with Gasteiger partial charge in [0, 0.05) is 44.5 Å². The minimum atomic E-state index is 0.203. The lowest BCUT2D eigenvalue weighted by Gasteiger charge is -2.33. The summed E-state index contributed by atoms with van der Waals surface area (Å²) in [6.07, 6.45) is 1.71. The highest BCUT2D eigenvalue weighted by atomic mass is 35.5. The smallest absolute Gasteiger partial charge is 0.223 e. The number of likely N-dealkylation sites (N-methyl/N-ethyl adjacent to an activating group) is 1. The Morgan fingerprint density at radius 1 is 1.18 bits per heavy atom. The van der Waals surface area contributed by atoms with Crippen molar-refractivity contribution in [3.05, 3.63) is 22.2 Å². The van der Waals surface area contributed by atoms with Crippen LogP contribution in [-0.2, 0) is 6.54 Å².